The van der Waals surface area contributed by atoms with Crippen LogP contribution in [0.25, 0.3) is 3.62 Å². The predicted octanol–water partition coefficient (Wildman–Crippen LogP) is 7.75. The molecule has 2 heterocycles. The SMILES string of the molecule is Cc1cccc(C)c1C1=CC(=CC2=C([O-])C(=CC3=CC(c4c(C)cccc4C)=[Te]C(C(C)(C)C)=C3)C2=O)C=C(C(C)(C)C)[Te]1. The van der Waals surface area contributed by atoms with Gasteiger partial charge in [0.15, 0.2) is 0 Å². The van der Waals surface area contributed by atoms with E-state index >= 15 is 0 Å². The van der Waals surface area contributed by atoms with Crippen molar-refractivity contribution in [2.24, 2.45) is 10.8 Å². The Bertz CT molecular complexity index is 1790. The van der Waals surface area contributed by atoms with Gasteiger partial charge in [-0.2, -0.15) is 0 Å². The summed E-state index contributed by atoms with van der Waals surface area (Å²) in [4.78, 5) is 13.5. The molecule has 0 N–H and O–H groups in total. The maximum absolute atomic E-state index is 13.5. The van der Waals surface area contributed by atoms with E-state index < -0.39 is 41.4 Å². The van der Waals surface area contributed by atoms with E-state index in [1.54, 1.807) is 0 Å². The zero-order valence-electron chi connectivity index (χ0n) is 27.6. The van der Waals surface area contributed by atoms with Crippen LogP contribution in [0.1, 0.15) is 74.9 Å². The van der Waals surface area contributed by atoms with Gasteiger partial charge in [-0.15, -0.1) is 0 Å². The van der Waals surface area contributed by atoms with Crippen molar-refractivity contribution in [3.8, 4) is 0 Å². The number of rotatable bonds is 4. The second kappa shape index (κ2) is 12.4. The van der Waals surface area contributed by atoms with Crippen molar-refractivity contribution in [1.29, 1.82) is 0 Å². The van der Waals surface area contributed by atoms with Gasteiger partial charge < -0.3 is 0 Å². The molecule has 0 saturated carbocycles. The van der Waals surface area contributed by atoms with Crippen molar-refractivity contribution in [1.82, 2.24) is 0 Å². The first-order chi connectivity index (χ1) is 20.5. The molecule has 5 rings (SSSR count). The van der Waals surface area contributed by atoms with Gasteiger partial charge >= 0.3 is 286 Å². The Morgan fingerprint density at radius 3 is 1.75 bits per heavy atom. The van der Waals surface area contributed by atoms with Crippen molar-refractivity contribution < 1.29 is 9.90 Å². The van der Waals surface area contributed by atoms with E-state index in [-0.39, 0.29) is 22.4 Å². The molecule has 44 heavy (non-hydrogen) atoms. The molecule has 0 spiro atoms. The van der Waals surface area contributed by atoms with E-state index in [1.807, 2.05) is 12.2 Å². The number of carbonyl (C=O) groups is 1. The van der Waals surface area contributed by atoms with Gasteiger partial charge in [-0.1, -0.05) is 0 Å². The fourth-order valence-electron chi connectivity index (χ4n) is 5.63. The zero-order chi connectivity index (χ0) is 32.1. The third-order valence-electron chi connectivity index (χ3n) is 8.16. The second-order valence-corrected chi connectivity index (χ2v) is 20.2. The van der Waals surface area contributed by atoms with Gasteiger partial charge in [0, 0.05) is 0 Å². The van der Waals surface area contributed by atoms with Gasteiger partial charge in [0.1, 0.15) is 0 Å². The summed E-state index contributed by atoms with van der Waals surface area (Å²) >= 11 is -1.18. The average molecular weight is 810 g/mol. The molecule has 2 aromatic carbocycles. The van der Waals surface area contributed by atoms with Crippen LogP contribution in [0.4, 0.5) is 0 Å². The van der Waals surface area contributed by atoms with Gasteiger partial charge in [-0.3, -0.25) is 0 Å². The molecule has 1 radical (unpaired) electrons. The normalized spacial score (nSPS) is 19.4. The Labute approximate surface area is 283 Å². The molecule has 0 unspecified atom stereocenters. The fraction of sp³-hybridized carbons (Fsp3) is 0.300. The Morgan fingerprint density at radius 1 is 0.682 bits per heavy atom. The number of benzene rings is 2. The van der Waals surface area contributed by atoms with Crippen molar-refractivity contribution in [3.05, 3.63) is 142 Å². The topological polar surface area (TPSA) is 40.1 Å². The summed E-state index contributed by atoms with van der Waals surface area (Å²) in [6.45, 7) is 22.2. The van der Waals surface area contributed by atoms with Crippen LogP contribution in [-0.2, 0) is 4.79 Å². The first-order valence-corrected chi connectivity index (χ1v) is 19.8. The Morgan fingerprint density at radius 2 is 1.23 bits per heavy atom. The minimum absolute atomic E-state index is 0.0259. The van der Waals surface area contributed by atoms with Crippen molar-refractivity contribution in [2.45, 2.75) is 69.2 Å². The fourth-order valence-corrected chi connectivity index (χ4v) is 13.4. The molecule has 0 atom stereocenters. The predicted molar refractivity (Wildman–Crippen MR) is 187 cm³/mol. The first kappa shape index (κ1) is 32.9. The number of allylic oxidation sites excluding steroid dienone is 12. The molecule has 0 saturated heterocycles. The van der Waals surface area contributed by atoms with Gasteiger partial charge in [-0.25, -0.2) is 0 Å². The molecule has 2 aromatic rings. The molecule has 0 amide bonds. The second-order valence-electron chi connectivity index (χ2n) is 14.0. The van der Waals surface area contributed by atoms with Crippen LogP contribution in [0.3, 0.4) is 0 Å². The van der Waals surface area contributed by atoms with Crippen LogP contribution < -0.4 is 5.11 Å². The standard InChI is InChI=1S/C40H43O2Te2/c1-23-13-11-14-24(2)35(23)31-19-27(21-33(43-31)39(5,6)7)17-29-37(41)30(38(29)42)18-28-20-32(44-34(22-28)40(8,9)10)36-25(3)15-12-16-26(36)4/h11-22,41H,1-10H3/p-1. The summed E-state index contributed by atoms with van der Waals surface area (Å²) in [5, 5.41) is 13.5. The van der Waals surface area contributed by atoms with Crippen LogP contribution >= 0.6 is 0 Å². The molecular weight excluding hydrogens is 768 g/mol. The number of hydrogen-bond acceptors (Lipinski definition) is 2. The van der Waals surface area contributed by atoms with E-state index in [2.05, 4.69) is 130 Å². The van der Waals surface area contributed by atoms with E-state index in [0.717, 1.165) is 11.1 Å². The van der Waals surface area contributed by atoms with Gasteiger partial charge in [0.2, 0.25) is 0 Å². The van der Waals surface area contributed by atoms with Crippen molar-refractivity contribution in [2.75, 3.05) is 0 Å². The number of Topliss-reactive ketones (excluding diaryl/α,β-unsaturated/α-hetero) is 1. The molecule has 0 fully saturated rings. The molecule has 3 aliphatic rings. The summed E-state index contributed by atoms with van der Waals surface area (Å²) < 4.78 is 5.59. The van der Waals surface area contributed by atoms with Crippen LogP contribution in [0.15, 0.2) is 108 Å². The summed E-state index contributed by atoms with van der Waals surface area (Å²) in [5.41, 5.74) is 10.2. The number of aryl methyl sites for hydroxylation is 4. The number of ketones is 1. The maximum atomic E-state index is 13.5. The van der Waals surface area contributed by atoms with Crippen LogP contribution in [0, 0.1) is 38.5 Å². The molecule has 0 bridgehead atoms. The van der Waals surface area contributed by atoms with Crippen LogP contribution in [0.5, 0.6) is 0 Å². The summed E-state index contributed by atoms with van der Waals surface area (Å²) in [6.07, 6.45) is 12.6. The third kappa shape index (κ3) is 6.71. The van der Waals surface area contributed by atoms with E-state index in [1.165, 1.54) is 47.8 Å². The quantitative estimate of drug-likeness (QED) is 0.234. The molecule has 2 aliphatic heterocycles. The van der Waals surface area contributed by atoms with Crippen LogP contribution in [0.2, 0.25) is 0 Å². The van der Waals surface area contributed by atoms with E-state index in [0.29, 0.717) is 11.1 Å². The summed E-state index contributed by atoms with van der Waals surface area (Å²) in [7, 11) is 0. The molecule has 227 valence electrons. The van der Waals surface area contributed by atoms with Gasteiger partial charge in [-0.05, 0) is 0 Å². The molecule has 1 aliphatic carbocycles. The van der Waals surface area contributed by atoms with Crippen LogP contribution in [-0.4, -0.2) is 50.7 Å². The molecular formula is C40H42O2Te2-. The van der Waals surface area contributed by atoms with Crippen molar-refractivity contribution in [3.63, 3.8) is 0 Å². The minimum atomic E-state index is -0.591. The van der Waals surface area contributed by atoms with E-state index in [4.69, 9.17) is 0 Å². The van der Waals surface area contributed by atoms with Crippen molar-refractivity contribution >= 4 is 54.3 Å². The molecule has 4 heteroatoms. The Kier molecular flexibility index (Phi) is 9.26. The summed E-state index contributed by atoms with van der Waals surface area (Å²) in [6, 6.07) is 12.9. The average Bonchev–Trinajstić information content (AvgIpc) is 2.93. The Hall–Kier alpha value is -2.46. The zero-order valence-corrected chi connectivity index (χ0v) is 32.2. The Balaban J connectivity index is 1.57. The van der Waals surface area contributed by atoms with Gasteiger partial charge in [0.05, 0.1) is 0 Å². The van der Waals surface area contributed by atoms with Gasteiger partial charge in [0.25, 0.3) is 0 Å². The third-order valence-corrected chi connectivity index (χ3v) is 16.7. The molecule has 0 aromatic heterocycles. The first-order valence-electron chi connectivity index (χ1n) is 15.2. The number of hydrogen-bond donors (Lipinski definition) is 0. The monoisotopic (exact) mass is 814 g/mol. The summed E-state index contributed by atoms with van der Waals surface area (Å²) in [5.74, 6) is -0.306. The van der Waals surface area contributed by atoms with E-state index in [9.17, 15) is 9.90 Å². The molecule has 2 nitrogen and oxygen atoms in total. The number of carbonyl (C=O) groups excluding carboxylic acids is 1.